The first-order chi connectivity index (χ1) is 11.3. The first kappa shape index (κ1) is 17.6. The Morgan fingerprint density at radius 3 is 2.54 bits per heavy atom. The Morgan fingerprint density at radius 2 is 1.96 bits per heavy atom. The number of aromatic nitrogens is 2. The molecular weight excluding hydrogens is 339 g/mol. The second kappa shape index (κ2) is 7.21. The van der Waals surface area contributed by atoms with E-state index in [0.29, 0.717) is 11.7 Å². The molecule has 0 fully saturated rings. The predicted molar refractivity (Wildman–Crippen MR) is 83.7 cm³/mol. The summed E-state index contributed by atoms with van der Waals surface area (Å²) in [6.07, 6.45) is 0. The van der Waals surface area contributed by atoms with Crippen molar-refractivity contribution in [3.63, 3.8) is 0 Å². The molecule has 0 aliphatic heterocycles. The number of halogens is 1. The molecule has 0 bridgehead atoms. The number of nitrogens with two attached hydrogens (primary N) is 1. The number of nitrogen functional groups attached to an aromatic ring is 1. The molecule has 24 heavy (non-hydrogen) atoms. The van der Waals surface area contributed by atoms with Crippen LogP contribution in [0.4, 0.5) is 9.70 Å². The zero-order chi connectivity index (χ0) is 17.7. The highest BCUT2D eigenvalue weighted by Crippen LogP contribution is 2.13. The second-order valence-electron chi connectivity index (χ2n) is 4.74. The summed E-state index contributed by atoms with van der Waals surface area (Å²) in [7, 11) is -4.78. The summed E-state index contributed by atoms with van der Waals surface area (Å²) >= 11 is 0. The van der Waals surface area contributed by atoms with Crippen LogP contribution in [0, 0.1) is 6.92 Å². The number of rotatable bonds is 6. The fourth-order valence-electron chi connectivity index (χ4n) is 1.83. The monoisotopic (exact) mass is 354 g/mol. The average Bonchev–Trinajstić information content (AvgIpc) is 2.50. The van der Waals surface area contributed by atoms with Crippen LogP contribution in [0.2, 0.25) is 0 Å². The summed E-state index contributed by atoms with van der Waals surface area (Å²) in [6.45, 7) is 2.01. The third-order valence-corrected chi connectivity index (χ3v) is 3.71. The quantitative estimate of drug-likeness (QED) is 0.581. The molecule has 0 spiro atoms. The number of carbonyl (C=O) groups excluding carboxylic acids is 1. The number of benzene rings is 1. The minimum absolute atomic E-state index is 0.151. The van der Waals surface area contributed by atoms with Crippen LogP contribution < -0.4 is 15.8 Å². The lowest BCUT2D eigenvalue weighted by Gasteiger charge is -2.08. The van der Waals surface area contributed by atoms with Gasteiger partial charge in [0.2, 0.25) is 5.88 Å². The summed E-state index contributed by atoms with van der Waals surface area (Å²) in [5.74, 6) is 0.605. The fraction of sp³-hybridized carbons (Fsp3) is 0.214. The molecule has 0 radical (unpaired) electrons. The summed E-state index contributed by atoms with van der Waals surface area (Å²) < 4.78 is 39.5. The van der Waals surface area contributed by atoms with E-state index in [1.807, 2.05) is 0 Å². The maximum atomic E-state index is 12.8. The Morgan fingerprint density at radius 1 is 1.29 bits per heavy atom. The molecule has 0 aliphatic rings. The summed E-state index contributed by atoms with van der Waals surface area (Å²) in [4.78, 5) is 19.3. The normalized spacial score (nSPS) is 11.1. The van der Waals surface area contributed by atoms with Gasteiger partial charge in [0.25, 0.3) is 5.91 Å². The number of hydrogen-bond donors (Lipinski definition) is 2. The van der Waals surface area contributed by atoms with Crippen LogP contribution in [0.5, 0.6) is 5.88 Å². The number of amides is 1. The number of aryl methyl sites for hydroxylation is 1. The van der Waals surface area contributed by atoms with Crippen molar-refractivity contribution >= 4 is 21.9 Å². The Balaban J connectivity index is 1.85. The smallest absolute Gasteiger partial charge is 0.332 e. The van der Waals surface area contributed by atoms with Gasteiger partial charge in [-0.1, -0.05) is 0 Å². The second-order valence-corrected chi connectivity index (χ2v) is 6.09. The van der Waals surface area contributed by atoms with E-state index in [9.17, 15) is 17.1 Å². The standard InChI is InChI=1S/C14H15FN4O4S/c1-9-18-12(16)8-13(19-9)23-7-6-17-14(20)10-2-4-11(5-3-10)24(15,21)22/h2-5,8H,6-7H2,1H3,(H,17,20)(H2,16,18,19). The summed E-state index contributed by atoms with van der Waals surface area (Å²) in [6, 6.07) is 5.94. The van der Waals surface area contributed by atoms with Crippen LogP contribution >= 0.6 is 0 Å². The van der Waals surface area contributed by atoms with Crippen molar-refractivity contribution in [1.82, 2.24) is 15.3 Å². The SMILES string of the molecule is Cc1nc(N)cc(OCCNC(=O)c2ccc(S(=O)(=O)F)cc2)n1. The Labute approximate surface area is 138 Å². The van der Waals surface area contributed by atoms with E-state index in [-0.39, 0.29) is 24.5 Å². The highest BCUT2D eigenvalue weighted by molar-refractivity contribution is 7.86. The molecule has 0 unspecified atom stereocenters. The molecule has 2 rings (SSSR count). The van der Waals surface area contributed by atoms with Crippen LogP contribution in [0.1, 0.15) is 16.2 Å². The van der Waals surface area contributed by atoms with Gasteiger partial charge < -0.3 is 15.8 Å². The van der Waals surface area contributed by atoms with Crippen molar-refractivity contribution in [2.24, 2.45) is 0 Å². The largest absolute Gasteiger partial charge is 0.476 e. The van der Waals surface area contributed by atoms with Crippen molar-refractivity contribution in [3.05, 3.63) is 41.7 Å². The molecule has 2 aromatic rings. The van der Waals surface area contributed by atoms with E-state index in [2.05, 4.69) is 15.3 Å². The zero-order valence-electron chi connectivity index (χ0n) is 12.7. The lowest BCUT2D eigenvalue weighted by Crippen LogP contribution is -2.28. The molecule has 3 N–H and O–H groups in total. The predicted octanol–water partition coefficient (Wildman–Crippen LogP) is 0.834. The highest BCUT2D eigenvalue weighted by atomic mass is 32.3. The molecule has 0 saturated carbocycles. The molecule has 1 aromatic heterocycles. The first-order valence-electron chi connectivity index (χ1n) is 6.82. The Hall–Kier alpha value is -2.75. The molecule has 128 valence electrons. The molecule has 0 saturated heterocycles. The molecule has 1 aromatic carbocycles. The molecule has 1 amide bonds. The minimum Gasteiger partial charge on any atom is -0.476 e. The van der Waals surface area contributed by atoms with Gasteiger partial charge in [-0.2, -0.15) is 13.4 Å². The number of anilines is 1. The molecule has 1 heterocycles. The van der Waals surface area contributed by atoms with Crippen molar-refractivity contribution in [2.75, 3.05) is 18.9 Å². The van der Waals surface area contributed by atoms with Gasteiger partial charge in [0.05, 0.1) is 11.4 Å². The Kier molecular flexibility index (Phi) is 5.29. The van der Waals surface area contributed by atoms with E-state index < -0.39 is 21.0 Å². The number of hydrogen-bond acceptors (Lipinski definition) is 7. The number of nitrogens with zero attached hydrogens (tertiary/aromatic N) is 2. The third kappa shape index (κ3) is 4.88. The van der Waals surface area contributed by atoms with Gasteiger partial charge in [-0.05, 0) is 31.2 Å². The minimum atomic E-state index is -4.78. The van der Waals surface area contributed by atoms with E-state index in [4.69, 9.17) is 10.5 Å². The van der Waals surface area contributed by atoms with Crippen molar-refractivity contribution in [3.8, 4) is 5.88 Å². The molecule has 8 nitrogen and oxygen atoms in total. The van der Waals surface area contributed by atoms with Crippen LogP contribution in [0.3, 0.4) is 0 Å². The van der Waals surface area contributed by atoms with Gasteiger partial charge in [0.15, 0.2) is 0 Å². The Bertz CT molecular complexity index is 820. The van der Waals surface area contributed by atoms with Gasteiger partial charge in [0, 0.05) is 11.6 Å². The topological polar surface area (TPSA) is 124 Å². The van der Waals surface area contributed by atoms with Gasteiger partial charge in [0.1, 0.15) is 18.2 Å². The van der Waals surface area contributed by atoms with Crippen LogP contribution in [0.15, 0.2) is 35.2 Å². The van der Waals surface area contributed by atoms with Crippen LogP contribution in [-0.4, -0.2) is 37.4 Å². The first-order valence-corrected chi connectivity index (χ1v) is 8.21. The summed E-state index contributed by atoms with van der Waals surface area (Å²) in [5.41, 5.74) is 5.76. The van der Waals surface area contributed by atoms with Gasteiger partial charge in [-0.3, -0.25) is 4.79 Å². The van der Waals surface area contributed by atoms with Crippen molar-refractivity contribution in [2.45, 2.75) is 11.8 Å². The van der Waals surface area contributed by atoms with Crippen LogP contribution in [0.25, 0.3) is 0 Å². The molecular formula is C14H15FN4O4S. The van der Waals surface area contributed by atoms with Crippen molar-refractivity contribution in [1.29, 1.82) is 0 Å². The zero-order valence-corrected chi connectivity index (χ0v) is 13.5. The molecule has 10 heteroatoms. The average molecular weight is 354 g/mol. The number of ether oxygens (including phenoxy) is 1. The lowest BCUT2D eigenvalue weighted by atomic mass is 10.2. The maximum absolute atomic E-state index is 12.8. The lowest BCUT2D eigenvalue weighted by molar-refractivity contribution is 0.0946. The van der Waals surface area contributed by atoms with E-state index in [1.54, 1.807) is 6.92 Å². The van der Waals surface area contributed by atoms with Gasteiger partial charge in [-0.25, -0.2) is 4.98 Å². The van der Waals surface area contributed by atoms with E-state index in [0.717, 1.165) is 12.1 Å². The van der Waals surface area contributed by atoms with E-state index in [1.165, 1.54) is 18.2 Å². The number of nitrogens with one attached hydrogen (secondary N) is 1. The molecule has 0 aliphatic carbocycles. The third-order valence-electron chi connectivity index (χ3n) is 2.87. The van der Waals surface area contributed by atoms with Gasteiger partial charge >= 0.3 is 10.2 Å². The van der Waals surface area contributed by atoms with Gasteiger partial charge in [-0.15, -0.1) is 3.89 Å². The van der Waals surface area contributed by atoms with E-state index >= 15 is 0 Å². The van der Waals surface area contributed by atoms with Crippen molar-refractivity contribution < 1.29 is 21.8 Å². The number of carbonyl (C=O) groups is 1. The summed E-state index contributed by atoms with van der Waals surface area (Å²) in [5, 5.41) is 2.57. The van der Waals surface area contributed by atoms with Crippen LogP contribution in [-0.2, 0) is 10.2 Å². The molecule has 0 atom stereocenters. The highest BCUT2D eigenvalue weighted by Gasteiger charge is 2.12. The maximum Gasteiger partial charge on any atom is 0.332 e. The fourth-order valence-corrected chi connectivity index (χ4v) is 2.29.